The van der Waals surface area contributed by atoms with E-state index in [2.05, 4.69) is 0 Å². The van der Waals surface area contributed by atoms with E-state index in [4.69, 9.17) is 14.0 Å². The van der Waals surface area contributed by atoms with Crippen LogP contribution < -0.4 is 4.90 Å². The maximum absolute atomic E-state index is 14.1. The van der Waals surface area contributed by atoms with Gasteiger partial charge in [-0.3, -0.25) is 9.59 Å². The molecule has 0 saturated carbocycles. The number of benzene rings is 2. The molecule has 0 aliphatic carbocycles. The van der Waals surface area contributed by atoms with Gasteiger partial charge in [0, 0.05) is 18.9 Å². The standard InChI is InChI=1S/C27H32BNO5/c1-25(2)26(3,4)34-28(33-25)18-27(17-23(30)32-6)21(16-19-12-8-7-9-13-19)20-14-10-11-15-22(20)29(5)24(27)31/h7-16H,17-18H2,1-6H3/b21-16+/t27-/m0/s1. The fraction of sp³-hybridized carbons (Fsp3) is 0.407. The highest BCUT2D eigenvalue weighted by molar-refractivity contribution is 6.47. The Bertz CT molecular complexity index is 1110. The molecule has 4 rings (SSSR count). The number of rotatable bonds is 5. The van der Waals surface area contributed by atoms with Crippen LogP contribution in [-0.2, 0) is 23.6 Å². The molecule has 0 N–H and O–H groups in total. The minimum absolute atomic E-state index is 0.121. The average molecular weight is 461 g/mol. The van der Waals surface area contributed by atoms with Gasteiger partial charge in [0.25, 0.3) is 0 Å². The van der Waals surface area contributed by atoms with E-state index in [1.165, 1.54) is 7.11 Å². The third-order valence-electron chi connectivity index (χ3n) is 7.39. The van der Waals surface area contributed by atoms with Crippen molar-refractivity contribution in [1.82, 2.24) is 0 Å². The number of amides is 1. The molecule has 1 saturated heterocycles. The number of nitrogens with zero attached hydrogens (tertiary/aromatic N) is 1. The fourth-order valence-electron chi connectivity index (χ4n) is 4.82. The molecule has 0 radical (unpaired) electrons. The van der Waals surface area contributed by atoms with Gasteiger partial charge in [-0.25, -0.2) is 0 Å². The molecule has 6 nitrogen and oxygen atoms in total. The molecule has 178 valence electrons. The van der Waals surface area contributed by atoms with E-state index in [1.807, 2.05) is 88.4 Å². The van der Waals surface area contributed by atoms with Crippen molar-refractivity contribution < 1.29 is 23.6 Å². The molecule has 1 atom stereocenters. The Kier molecular flexibility index (Phi) is 6.21. The van der Waals surface area contributed by atoms with Crippen molar-refractivity contribution in [1.29, 1.82) is 0 Å². The van der Waals surface area contributed by atoms with Crippen LogP contribution in [0.3, 0.4) is 0 Å². The lowest BCUT2D eigenvalue weighted by atomic mass is 9.59. The summed E-state index contributed by atoms with van der Waals surface area (Å²) in [5.74, 6) is -0.648. The zero-order chi connectivity index (χ0) is 24.7. The van der Waals surface area contributed by atoms with Gasteiger partial charge >= 0.3 is 13.1 Å². The Morgan fingerprint density at radius 1 is 1.00 bits per heavy atom. The van der Waals surface area contributed by atoms with Gasteiger partial charge in [-0.05, 0) is 44.9 Å². The predicted molar refractivity (Wildman–Crippen MR) is 134 cm³/mol. The zero-order valence-electron chi connectivity index (χ0n) is 20.8. The van der Waals surface area contributed by atoms with Gasteiger partial charge in [0.2, 0.25) is 5.91 Å². The zero-order valence-corrected chi connectivity index (χ0v) is 20.8. The van der Waals surface area contributed by atoms with Gasteiger partial charge in [0.15, 0.2) is 0 Å². The topological polar surface area (TPSA) is 65.1 Å². The lowest BCUT2D eigenvalue weighted by molar-refractivity contribution is -0.145. The van der Waals surface area contributed by atoms with E-state index in [0.717, 1.165) is 22.4 Å². The number of anilines is 1. The summed E-state index contributed by atoms with van der Waals surface area (Å²) >= 11 is 0. The van der Waals surface area contributed by atoms with Gasteiger partial charge < -0.3 is 18.9 Å². The van der Waals surface area contributed by atoms with Gasteiger partial charge in [0.05, 0.1) is 35.8 Å². The molecule has 2 aromatic carbocycles. The molecule has 0 spiro atoms. The van der Waals surface area contributed by atoms with E-state index < -0.39 is 29.7 Å². The van der Waals surface area contributed by atoms with Crippen molar-refractivity contribution in [2.75, 3.05) is 19.1 Å². The second-order valence-electron chi connectivity index (χ2n) is 10.1. The highest BCUT2D eigenvalue weighted by Gasteiger charge is 2.58. The van der Waals surface area contributed by atoms with Crippen molar-refractivity contribution in [3.8, 4) is 0 Å². The SMILES string of the molecule is COC(=O)C[C@@]1(CB2OC(C)(C)C(C)(C)O2)C(=O)N(C)c2ccccc2/C1=C\c1ccccc1. The molecule has 2 aromatic rings. The third kappa shape index (κ3) is 4.08. The summed E-state index contributed by atoms with van der Waals surface area (Å²) < 4.78 is 17.7. The maximum atomic E-state index is 14.1. The average Bonchev–Trinajstić information content (AvgIpc) is 3.01. The molecule has 1 fully saturated rings. The summed E-state index contributed by atoms with van der Waals surface area (Å²) in [6, 6.07) is 17.6. The van der Waals surface area contributed by atoms with Crippen molar-refractivity contribution in [3.05, 3.63) is 65.7 Å². The monoisotopic (exact) mass is 461 g/mol. The summed E-state index contributed by atoms with van der Waals surface area (Å²) in [5.41, 5.74) is 1.04. The molecule has 2 aliphatic heterocycles. The molecule has 0 unspecified atom stereocenters. The summed E-state index contributed by atoms with van der Waals surface area (Å²) in [6.45, 7) is 7.91. The lowest BCUT2D eigenvalue weighted by Crippen LogP contribution is -2.50. The first-order valence-electron chi connectivity index (χ1n) is 11.6. The maximum Gasteiger partial charge on any atom is 0.459 e. The summed E-state index contributed by atoms with van der Waals surface area (Å²) in [5, 5.41) is 0. The molecule has 2 heterocycles. The minimum atomic E-state index is -1.23. The normalized spacial score (nSPS) is 24.3. The molecule has 1 amide bonds. The van der Waals surface area contributed by atoms with Crippen LogP contribution in [0.15, 0.2) is 54.6 Å². The summed E-state index contributed by atoms with van der Waals surface area (Å²) in [6.07, 6.45) is 2.06. The summed E-state index contributed by atoms with van der Waals surface area (Å²) in [4.78, 5) is 28.5. The van der Waals surface area contributed by atoms with Crippen molar-refractivity contribution in [3.63, 3.8) is 0 Å². The van der Waals surface area contributed by atoms with Crippen LogP contribution in [0.25, 0.3) is 11.6 Å². The Morgan fingerprint density at radius 2 is 1.59 bits per heavy atom. The second-order valence-corrected chi connectivity index (χ2v) is 10.1. The highest BCUT2D eigenvalue weighted by Crippen LogP contribution is 2.53. The third-order valence-corrected chi connectivity index (χ3v) is 7.39. The quantitative estimate of drug-likeness (QED) is 0.471. The van der Waals surface area contributed by atoms with Crippen molar-refractivity contribution in [2.45, 2.75) is 51.6 Å². The highest BCUT2D eigenvalue weighted by atomic mass is 16.7. The number of fused-ring (bicyclic) bond motifs is 1. The number of methoxy groups -OCH3 is 1. The number of carbonyl (C=O) groups excluding carboxylic acids is 2. The number of hydrogen-bond acceptors (Lipinski definition) is 5. The van der Waals surface area contributed by atoms with Gasteiger partial charge in [0.1, 0.15) is 0 Å². The Labute approximate surface area is 202 Å². The van der Waals surface area contributed by atoms with Gasteiger partial charge in [-0.1, -0.05) is 54.6 Å². The molecule has 0 bridgehead atoms. The smallest absolute Gasteiger partial charge is 0.459 e. The second kappa shape index (κ2) is 8.71. The number of para-hydroxylation sites is 1. The van der Waals surface area contributed by atoms with E-state index in [0.29, 0.717) is 0 Å². The molecule has 0 aromatic heterocycles. The molecule has 7 heteroatoms. The van der Waals surface area contributed by atoms with E-state index in [9.17, 15) is 9.59 Å². The van der Waals surface area contributed by atoms with Crippen LogP contribution in [-0.4, -0.2) is 44.4 Å². The molecular weight excluding hydrogens is 429 g/mol. The number of esters is 1. The largest absolute Gasteiger partial charge is 0.469 e. The van der Waals surface area contributed by atoms with E-state index in [-0.39, 0.29) is 18.6 Å². The lowest BCUT2D eigenvalue weighted by Gasteiger charge is -2.43. The van der Waals surface area contributed by atoms with E-state index >= 15 is 0 Å². The first-order valence-corrected chi connectivity index (χ1v) is 11.6. The number of ether oxygens (including phenoxy) is 1. The molecule has 34 heavy (non-hydrogen) atoms. The van der Waals surface area contributed by atoms with Gasteiger partial charge in [-0.15, -0.1) is 0 Å². The van der Waals surface area contributed by atoms with Crippen molar-refractivity contribution >= 4 is 36.3 Å². The van der Waals surface area contributed by atoms with Gasteiger partial charge in [-0.2, -0.15) is 0 Å². The Balaban J connectivity index is 1.92. The molecule has 2 aliphatic rings. The van der Waals surface area contributed by atoms with Crippen LogP contribution in [0.4, 0.5) is 5.69 Å². The Hall–Kier alpha value is -2.90. The van der Waals surface area contributed by atoms with Crippen LogP contribution in [0, 0.1) is 5.41 Å². The minimum Gasteiger partial charge on any atom is -0.469 e. The first kappa shape index (κ1) is 24.2. The van der Waals surface area contributed by atoms with E-state index in [1.54, 1.807) is 11.9 Å². The number of carbonyl (C=O) groups is 2. The fourth-order valence-corrected chi connectivity index (χ4v) is 4.82. The van der Waals surface area contributed by atoms with Crippen LogP contribution in [0.5, 0.6) is 0 Å². The number of hydrogen-bond donors (Lipinski definition) is 0. The molecular formula is C27H32BNO5. The predicted octanol–water partition coefficient (Wildman–Crippen LogP) is 4.85. The first-order chi connectivity index (χ1) is 16.0. The van der Waals surface area contributed by atoms with Crippen LogP contribution >= 0.6 is 0 Å². The summed E-state index contributed by atoms with van der Waals surface area (Å²) in [7, 11) is 2.42. The van der Waals surface area contributed by atoms with Crippen LogP contribution in [0.2, 0.25) is 6.32 Å². The van der Waals surface area contributed by atoms with Crippen LogP contribution in [0.1, 0.15) is 45.2 Å². The van der Waals surface area contributed by atoms with Crippen molar-refractivity contribution in [2.24, 2.45) is 5.41 Å². The Morgan fingerprint density at radius 3 is 2.21 bits per heavy atom.